The summed E-state index contributed by atoms with van der Waals surface area (Å²) >= 11 is 3.25. The molecule has 5 heteroatoms. The summed E-state index contributed by atoms with van der Waals surface area (Å²) in [6, 6.07) is 4.29. The Bertz CT molecular complexity index is 440. The molecule has 1 nitrogen and oxygen atoms in total. The van der Waals surface area contributed by atoms with E-state index in [1.807, 2.05) is 0 Å². The molecule has 0 bridgehead atoms. The zero-order chi connectivity index (χ0) is 14.0. The molecule has 0 spiro atoms. The van der Waals surface area contributed by atoms with Gasteiger partial charge in [-0.15, -0.1) is 0 Å². The van der Waals surface area contributed by atoms with Crippen LogP contribution >= 0.6 is 15.9 Å². The molecule has 1 unspecified atom stereocenters. The Morgan fingerprint density at radius 1 is 1.32 bits per heavy atom. The Balaban J connectivity index is 1.96. The molecule has 0 aliphatic heterocycles. The molecule has 0 amide bonds. The summed E-state index contributed by atoms with van der Waals surface area (Å²) in [4.78, 5) is 0. The summed E-state index contributed by atoms with van der Waals surface area (Å²) in [5, 5.41) is 10.1. The number of aliphatic hydroxyl groups excluding tert-OH is 1. The van der Waals surface area contributed by atoms with Gasteiger partial charge in [-0.05, 0) is 42.9 Å². The molecule has 1 atom stereocenters. The van der Waals surface area contributed by atoms with Gasteiger partial charge >= 0.3 is 0 Å². The minimum atomic E-state index is -2.58. The lowest BCUT2D eigenvalue weighted by Crippen LogP contribution is -2.32. The van der Waals surface area contributed by atoms with E-state index in [-0.39, 0.29) is 24.6 Å². The fourth-order valence-corrected chi connectivity index (χ4v) is 3.04. The largest absolute Gasteiger partial charge is 0.392 e. The second-order valence-corrected chi connectivity index (χ2v) is 6.05. The van der Waals surface area contributed by atoms with E-state index in [4.69, 9.17) is 0 Å². The van der Waals surface area contributed by atoms with E-state index < -0.39 is 12.0 Å². The van der Waals surface area contributed by atoms with Crippen LogP contribution in [0.15, 0.2) is 22.7 Å². The Kier molecular flexibility index (Phi) is 4.56. The molecule has 2 rings (SSSR count). The lowest BCUT2D eigenvalue weighted by molar-refractivity contribution is -0.0619. The lowest BCUT2D eigenvalue weighted by Gasteiger charge is -2.31. The number of alkyl halides is 2. The van der Waals surface area contributed by atoms with Gasteiger partial charge in [0.25, 0.3) is 0 Å². The van der Waals surface area contributed by atoms with Gasteiger partial charge < -0.3 is 5.11 Å². The molecule has 0 heterocycles. The van der Waals surface area contributed by atoms with Crippen molar-refractivity contribution in [3.05, 3.63) is 34.1 Å². The Hall–Kier alpha value is -0.550. The van der Waals surface area contributed by atoms with Gasteiger partial charge in [-0.2, -0.15) is 0 Å². The van der Waals surface area contributed by atoms with Crippen molar-refractivity contribution in [2.24, 2.45) is 5.92 Å². The van der Waals surface area contributed by atoms with Crippen LogP contribution in [0.5, 0.6) is 0 Å². The average molecular weight is 337 g/mol. The summed E-state index contributed by atoms with van der Waals surface area (Å²) < 4.78 is 39.6. The third-order valence-corrected chi connectivity index (χ3v) is 4.49. The van der Waals surface area contributed by atoms with Crippen molar-refractivity contribution in [1.29, 1.82) is 0 Å². The van der Waals surface area contributed by atoms with E-state index in [9.17, 15) is 18.3 Å². The van der Waals surface area contributed by atoms with Gasteiger partial charge in [0.15, 0.2) is 0 Å². The predicted octanol–water partition coefficient (Wildman–Crippen LogP) is 4.32. The van der Waals surface area contributed by atoms with Gasteiger partial charge in [0, 0.05) is 17.3 Å². The number of rotatable bonds is 3. The van der Waals surface area contributed by atoms with Gasteiger partial charge in [0.1, 0.15) is 5.82 Å². The van der Waals surface area contributed by atoms with Crippen molar-refractivity contribution in [2.75, 3.05) is 0 Å². The highest BCUT2D eigenvalue weighted by Crippen LogP contribution is 2.38. The summed E-state index contributed by atoms with van der Waals surface area (Å²) in [5.74, 6) is -3.02. The van der Waals surface area contributed by atoms with Crippen LogP contribution < -0.4 is 0 Å². The highest BCUT2D eigenvalue weighted by Gasteiger charge is 2.37. The highest BCUT2D eigenvalue weighted by atomic mass is 79.9. The number of halogens is 4. The SMILES string of the molecule is OC(Cc1ccc(F)cc1Br)C1CCC(F)(F)CC1. The molecule has 1 saturated carbocycles. The number of benzene rings is 1. The molecule has 0 aromatic heterocycles. The topological polar surface area (TPSA) is 20.2 Å². The molecule has 1 N–H and O–H groups in total. The molecule has 1 aliphatic rings. The van der Waals surface area contributed by atoms with Gasteiger partial charge in [-0.3, -0.25) is 0 Å². The summed E-state index contributed by atoms with van der Waals surface area (Å²) in [6.07, 6.45) is 0.0771. The number of hydrogen-bond donors (Lipinski definition) is 1. The van der Waals surface area contributed by atoms with Crippen molar-refractivity contribution in [3.63, 3.8) is 0 Å². The van der Waals surface area contributed by atoms with Crippen LogP contribution in [0, 0.1) is 11.7 Å². The summed E-state index contributed by atoms with van der Waals surface area (Å²) in [6.45, 7) is 0. The molecular formula is C14H16BrF3O. The van der Waals surface area contributed by atoms with Crippen molar-refractivity contribution in [2.45, 2.75) is 44.1 Å². The molecule has 0 radical (unpaired) electrons. The van der Waals surface area contributed by atoms with Crippen LogP contribution in [0.1, 0.15) is 31.2 Å². The molecule has 0 saturated heterocycles. The molecule has 1 aliphatic carbocycles. The third kappa shape index (κ3) is 3.96. The van der Waals surface area contributed by atoms with Crippen LogP contribution in [0.4, 0.5) is 13.2 Å². The number of aliphatic hydroxyl groups is 1. The van der Waals surface area contributed by atoms with E-state index in [1.165, 1.54) is 12.1 Å². The second-order valence-electron chi connectivity index (χ2n) is 5.20. The van der Waals surface area contributed by atoms with Crippen LogP contribution in [-0.2, 0) is 6.42 Å². The first-order valence-corrected chi connectivity index (χ1v) is 7.16. The van der Waals surface area contributed by atoms with E-state index in [0.29, 0.717) is 23.7 Å². The normalized spacial score (nSPS) is 21.3. The molecule has 1 aromatic rings. The minimum Gasteiger partial charge on any atom is -0.392 e. The standard InChI is InChI=1S/C14H16BrF3O/c15-12-8-11(16)2-1-10(12)7-13(19)9-3-5-14(17,18)6-4-9/h1-2,8-9,13,19H,3-7H2. The van der Waals surface area contributed by atoms with Crippen LogP contribution in [0.3, 0.4) is 0 Å². The molecular weight excluding hydrogens is 321 g/mol. The summed E-state index contributed by atoms with van der Waals surface area (Å²) in [5.41, 5.74) is 0.797. The minimum absolute atomic E-state index is 0.100. The van der Waals surface area contributed by atoms with E-state index >= 15 is 0 Å². The maximum absolute atomic E-state index is 13.0. The first-order chi connectivity index (χ1) is 8.87. The Morgan fingerprint density at radius 2 is 1.95 bits per heavy atom. The van der Waals surface area contributed by atoms with Crippen LogP contribution in [0.25, 0.3) is 0 Å². The quantitative estimate of drug-likeness (QED) is 0.871. The zero-order valence-electron chi connectivity index (χ0n) is 10.4. The van der Waals surface area contributed by atoms with E-state index in [0.717, 1.165) is 5.56 Å². The third-order valence-electron chi connectivity index (χ3n) is 3.75. The molecule has 1 aromatic carbocycles. The fraction of sp³-hybridized carbons (Fsp3) is 0.571. The van der Waals surface area contributed by atoms with Crippen molar-refractivity contribution in [3.8, 4) is 0 Å². The first-order valence-electron chi connectivity index (χ1n) is 6.37. The Morgan fingerprint density at radius 3 is 2.53 bits per heavy atom. The summed E-state index contributed by atoms with van der Waals surface area (Å²) in [7, 11) is 0. The van der Waals surface area contributed by atoms with Crippen molar-refractivity contribution in [1.82, 2.24) is 0 Å². The lowest BCUT2D eigenvalue weighted by atomic mass is 9.81. The maximum Gasteiger partial charge on any atom is 0.248 e. The molecule has 106 valence electrons. The zero-order valence-corrected chi connectivity index (χ0v) is 12.0. The van der Waals surface area contributed by atoms with Crippen LogP contribution in [-0.4, -0.2) is 17.1 Å². The van der Waals surface area contributed by atoms with Gasteiger partial charge in [-0.25, -0.2) is 13.2 Å². The molecule has 1 fully saturated rings. The van der Waals surface area contributed by atoms with Gasteiger partial charge in [0.05, 0.1) is 6.10 Å². The van der Waals surface area contributed by atoms with Gasteiger partial charge in [-0.1, -0.05) is 22.0 Å². The Labute approximate surface area is 119 Å². The number of hydrogen-bond acceptors (Lipinski definition) is 1. The fourth-order valence-electron chi connectivity index (χ4n) is 2.53. The molecule has 19 heavy (non-hydrogen) atoms. The van der Waals surface area contributed by atoms with E-state index in [1.54, 1.807) is 6.07 Å². The highest BCUT2D eigenvalue weighted by molar-refractivity contribution is 9.10. The second kappa shape index (κ2) is 5.83. The van der Waals surface area contributed by atoms with Crippen LogP contribution in [0.2, 0.25) is 0 Å². The average Bonchev–Trinajstić information content (AvgIpc) is 2.32. The predicted molar refractivity (Wildman–Crippen MR) is 70.7 cm³/mol. The maximum atomic E-state index is 13.0. The smallest absolute Gasteiger partial charge is 0.248 e. The van der Waals surface area contributed by atoms with Gasteiger partial charge in [0.2, 0.25) is 5.92 Å². The van der Waals surface area contributed by atoms with E-state index in [2.05, 4.69) is 15.9 Å². The van der Waals surface area contributed by atoms with Crippen molar-refractivity contribution >= 4 is 15.9 Å². The van der Waals surface area contributed by atoms with Crippen molar-refractivity contribution < 1.29 is 18.3 Å². The first kappa shape index (κ1) is 14.9. The monoisotopic (exact) mass is 336 g/mol.